The van der Waals surface area contributed by atoms with Gasteiger partial charge in [-0.25, -0.2) is 0 Å². The molecule has 2 aromatic rings. The monoisotopic (exact) mass is 233 g/mol. The number of thioether (sulfide) groups is 1. The molecule has 0 aliphatic rings. The number of benzene rings is 1. The quantitative estimate of drug-likeness (QED) is 0.826. The van der Waals surface area contributed by atoms with Crippen molar-refractivity contribution < 1.29 is 4.42 Å². The molecule has 2 N–H and O–H groups in total. The van der Waals surface area contributed by atoms with Crippen molar-refractivity contribution in [1.82, 2.24) is 0 Å². The molecule has 0 aliphatic carbocycles. The molecule has 0 fully saturated rings. The summed E-state index contributed by atoms with van der Waals surface area (Å²) >= 11 is 1.72. The molecule has 1 heterocycles. The summed E-state index contributed by atoms with van der Waals surface area (Å²) in [5.74, 6) is 1.71. The van der Waals surface area contributed by atoms with Gasteiger partial charge in [0.2, 0.25) is 0 Å². The zero-order chi connectivity index (χ0) is 11.5. The van der Waals surface area contributed by atoms with Gasteiger partial charge in [0.1, 0.15) is 11.5 Å². The Hall–Kier alpha value is -1.19. The fraction of sp³-hybridized carbons (Fsp3) is 0.231. The van der Waals surface area contributed by atoms with Crippen LogP contribution in [0.4, 0.5) is 0 Å². The summed E-state index contributed by atoms with van der Waals surface area (Å²) in [5.41, 5.74) is 7.20. The lowest BCUT2D eigenvalue weighted by Crippen LogP contribution is -2.10. The maximum Gasteiger partial charge on any atom is 0.125 e. The average Bonchev–Trinajstić information content (AvgIpc) is 2.75. The first-order valence-electron chi connectivity index (χ1n) is 5.16. The number of hydrogen-bond donors (Lipinski definition) is 1. The smallest absolute Gasteiger partial charge is 0.125 e. The Labute approximate surface area is 99.8 Å². The zero-order valence-electron chi connectivity index (χ0n) is 9.44. The number of rotatable bonds is 3. The molecule has 1 aromatic carbocycles. The van der Waals surface area contributed by atoms with Crippen LogP contribution in [0.25, 0.3) is 0 Å². The molecule has 16 heavy (non-hydrogen) atoms. The predicted octanol–water partition coefficient (Wildman–Crippen LogP) is 3.36. The van der Waals surface area contributed by atoms with Crippen LogP contribution in [0.2, 0.25) is 0 Å². The van der Waals surface area contributed by atoms with E-state index in [-0.39, 0.29) is 6.04 Å². The molecule has 0 amide bonds. The molecule has 0 aliphatic heterocycles. The van der Waals surface area contributed by atoms with E-state index in [1.165, 1.54) is 4.90 Å². The zero-order valence-corrected chi connectivity index (χ0v) is 10.3. The van der Waals surface area contributed by atoms with Crippen LogP contribution < -0.4 is 5.73 Å². The Balaban J connectivity index is 2.23. The van der Waals surface area contributed by atoms with E-state index < -0.39 is 0 Å². The second-order valence-corrected chi connectivity index (χ2v) is 4.58. The molecular weight excluding hydrogens is 218 g/mol. The van der Waals surface area contributed by atoms with Gasteiger partial charge in [0.15, 0.2) is 0 Å². The summed E-state index contributed by atoms with van der Waals surface area (Å²) in [6.45, 7) is 1.92. The van der Waals surface area contributed by atoms with E-state index >= 15 is 0 Å². The lowest BCUT2D eigenvalue weighted by atomic mass is 10.1. The van der Waals surface area contributed by atoms with Gasteiger partial charge in [-0.3, -0.25) is 0 Å². The van der Waals surface area contributed by atoms with Crippen LogP contribution in [-0.4, -0.2) is 6.26 Å². The minimum Gasteiger partial charge on any atom is -0.464 e. The van der Waals surface area contributed by atoms with Gasteiger partial charge in [0.25, 0.3) is 0 Å². The van der Waals surface area contributed by atoms with Crippen LogP contribution in [-0.2, 0) is 0 Å². The number of hydrogen-bond acceptors (Lipinski definition) is 3. The average molecular weight is 233 g/mol. The molecule has 0 saturated heterocycles. The van der Waals surface area contributed by atoms with E-state index in [2.05, 4.69) is 18.4 Å². The highest BCUT2D eigenvalue weighted by Gasteiger charge is 2.12. The Bertz CT molecular complexity index is 461. The van der Waals surface area contributed by atoms with Gasteiger partial charge < -0.3 is 10.2 Å². The van der Waals surface area contributed by atoms with Gasteiger partial charge in [0, 0.05) is 4.90 Å². The normalized spacial score (nSPS) is 12.7. The molecule has 0 radical (unpaired) electrons. The topological polar surface area (TPSA) is 39.2 Å². The van der Waals surface area contributed by atoms with Crippen LogP contribution in [0.1, 0.15) is 23.1 Å². The summed E-state index contributed by atoms with van der Waals surface area (Å²) in [6.07, 6.45) is 2.06. The molecule has 1 unspecified atom stereocenters. The van der Waals surface area contributed by atoms with Gasteiger partial charge in [-0.1, -0.05) is 12.1 Å². The van der Waals surface area contributed by atoms with Gasteiger partial charge in [-0.15, -0.1) is 11.8 Å². The maximum atomic E-state index is 6.12. The van der Waals surface area contributed by atoms with Crippen LogP contribution in [0, 0.1) is 6.92 Å². The number of aryl methyl sites for hydroxylation is 1. The van der Waals surface area contributed by atoms with E-state index in [0.29, 0.717) is 0 Å². The molecule has 1 aromatic heterocycles. The SMILES string of the molecule is CSc1ccc(C(N)c2ccc(C)o2)cc1. The minimum absolute atomic E-state index is 0.176. The van der Waals surface area contributed by atoms with Crippen LogP contribution >= 0.6 is 11.8 Å². The van der Waals surface area contributed by atoms with Crippen molar-refractivity contribution >= 4 is 11.8 Å². The lowest BCUT2D eigenvalue weighted by Gasteiger charge is -2.09. The number of furan rings is 1. The standard InChI is InChI=1S/C13H15NOS/c1-9-3-8-12(15-9)13(14)10-4-6-11(16-2)7-5-10/h3-8,13H,14H2,1-2H3. The molecule has 0 saturated carbocycles. The predicted molar refractivity (Wildman–Crippen MR) is 67.7 cm³/mol. The molecule has 0 bridgehead atoms. The van der Waals surface area contributed by atoms with E-state index in [9.17, 15) is 0 Å². The van der Waals surface area contributed by atoms with Crippen molar-refractivity contribution in [3.05, 3.63) is 53.5 Å². The molecular formula is C13H15NOS. The molecule has 2 rings (SSSR count). The minimum atomic E-state index is -0.176. The summed E-state index contributed by atoms with van der Waals surface area (Å²) in [5, 5.41) is 0. The second kappa shape index (κ2) is 4.76. The first kappa shape index (κ1) is 11.3. The molecule has 84 valence electrons. The largest absolute Gasteiger partial charge is 0.464 e. The van der Waals surface area contributed by atoms with Gasteiger partial charge >= 0.3 is 0 Å². The Morgan fingerprint density at radius 3 is 2.31 bits per heavy atom. The second-order valence-electron chi connectivity index (χ2n) is 3.70. The lowest BCUT2D eigenvalue weighted by molar-refractivity contribution is 0.466. The van der Waals surface area contributed by atoms with Crippen LogP contribution in [0.5, 0.6) is 0 Å². The fourth-order valence-electron chi connectivity index (χ4n) is 1.60. The van der Waals surface area contributed by atoms with Crippen LogP contribution in [0.3, 0.4) is 0 Å². The van der Waals surface area contributed by atoms with Crippen LogP contribution in [0.15, 0.2) is 45.7 Å². The van der Waals surface area contributed by atoms with Crippen molar-refractivity contribution in [1.29, 1.82) is 0 Å². The van der Waals surface area contributed by atoms with Gasteiger partial charge in [0.05, 0.1) is 6.04 Å². The van der Waals surface area contributed by atoms with Gasteiger partial charge in [-0.2, -0.15) is 0 Å². The van der Waals surface area contributed by atoms with Crippen molar-refractivity contribution in [2.24, 2.45) is 5.73 Å². The Kier molecular flexibility index (Phi) is 3.36. The van der Waals surface area contributed by atoms with E-state index in [4.69, 9.17) is 10.2 Å². The fourth-order valence-corrected chi connectivity index (χ4v) is 2.00. The van der Waals surface area contributed by atoms with Crippen molar-refractivity contribution in [3.63, 3.8) is 0 Å². The number of nitrogens with two attached hydrogens (primary N) is 1. The summed E-state index contributed by atoms with van der Waals surface area (Å²) in [7, 11) is 0. The summed E-state index contributed by atoms with van der Waals surface area (Å²) in [4.78, 5) is 1.24. The highest BCUT2D eigenvalue weighted by Crippen LogP contribution is 2.23. The molecule has 1 atom stereocenters. The third-order valence-electron chi connectivity index (χ3n) is 2.54. The first-order chi connectivity index (χ1) is 7.70. The molecule has 0 spiro atoms. The van der Waals surface area contributed by atoms with Crippen molar-refractivity contribution in [3.8, 4) is 0 Å². The maximum absolute atomic E-state index is 6.12. The van der Waals surface area contributed by atoms with E-state index in [0.717, 1.165) is 17.1 Å². The third kappa shape index (κ3) is 2.31. The summed E-state index contributed by atoms with van der Waals surface area (Å²) < 4.78 is 5.53. The van der Waals surface area contributed by atoms with Gasteiger partial charge in [-0.05, 0) is 43.0 Å². The first-order valence-corrected chi connectivity index (χ1v) is 6.39. The highest BCUT2D eigenvalue weighted by atomic mass is 32.2. The molecule has 3 heteroatoms. The summed E-state index contributed by atoms with van der Waals surface area (Å²) in [6, 6.07) is 12.0. The van der Waals surface area contributed by atoms with Crippen molar-refractivity contribution in [2.75, 3.05) is 6.26 Å². The van der Waals surface area contributed by atoms with E-state index in [1.807, 2.05) is 31.2 Å². The van der Waals surface area contributed by atoms with E-state index in [1.54, 1.807) is 11.8 Å². The molecule has 2 nitrogen and oxygen atoms in total. The Morgan fingerprint density at radius 1 is 1.12 bits per heavy atom. The third-order valence-corrected chi connectivity index (χ3v) is 3.29. The Morgan fingerprint density at radius 2 is 1.81 bits per heavy atom. The van der Waals surface area contributed by atoms with Crippen molar-refractivity contribution in [2.45, 2.75) is 17.9 Å². The highest BCUT2D eigenvalue weighted by molar-refractivity contribution is 7.98.